The molecule has 1 aliphatic carbocycles. The Morgan fingerprint density at radius 3 is 2.33 bits per heavy atom. The van der Waals surface area contributed by atoms with Gasteiger partial charge in [0.2, 0.25) is 0 Å². The van der Waals surface area contributed by atoms with Crippen molar-refractivity contribution >= 4 is 0 Å². The minimum atomic E-state index is 0.490. The highest BCUT2D eigenvalue weighted by Gasteiger charge is 2.57. The molecule has 70 valence electrons. The van der Waals surface area contributed by atoms with Gasteiger partial charge < -0.3 is 4.74 Å². The molecule has 12 heavy (non-hydrogen) atoms. The summed E-state index contributed by atoms with van der Waals surface area (Å²) in [5.74, 6) is 8.54. The Balaban J connectivity index is 1.92. The van der Waals surface area contributed by atoms with Gasteiger partial charge in [0, 0.05) is 6.04 Å². The van der Waals surface area contributed by atoms with Gasteiger partial charge in [-0.05, 0) is 23.7 Å². The monoisotopic (exact) mass is 170 g/mol. The van der Waals surface area contributed by atoms with Crippen molar-refractivity contribution in [3.8, 4) is 0 Å². The van der Waals surface area contributed by atoms with Crippen molar-refractivity contribution in [2.45, 2.75) is 19.9 Å². The van der Waals surface area contributed by atoms with Crippen LogP contribution >= 0.6 is 0 Å². The lowest BCUT2D eigenvalue weighted by molar-refractivity contribution is 0.137. The summed E-state index contributed by atoms with van der Waals surface area (Å²) >= 11 is 0. The second-order valence-electron chi connectivity index (χ2n) is 4.38. The molecule has 3 N–H and O–H groups in total. The molecule has 3 heteroatoms. The Hall–Kier alpha value is -0.120. The number of hydrogen-bond donors (Lipinski definition) is 2. The lowest BCUT2D eigenvalue weighted by Gasteiger charge is -2.21. The van der Waals surface area contributed by atoms with Crippen molar-refractivity contribution < 1.29 is 4.74 Å². The first-order valence-corrected chi connectivity index (χ1v) is 4.79. The number of fused-ring (bicyclic) bond motifs is 1. The van der Waals surface area contributed by atoms with Gasteiger partial charge in [-0.15, -0.1) is 0 Å². The van der Waals surface area contributed by atoms with Crippen LogP contribution in [0, 0.1) is 23.7 Å². The molecule has 1 saturated heterocycles. The molecule has 0 aromatic carbocycles. The topological polar surface area (TPSA) is 47.3 Å². The van der Waals surface area contributed by atoms with Crippen LogP contribution in [-0.4, -0.2) is 19.3 Å². The van der Waals surface area contributed by atoms with Crippen molar-refractivity contribution in [3.05, 3.63) is 0 Å². The van der Waals surface area contributed by atoms with E-state index in [2.05, 4.69) is 19.3 Å². The Bertz CT molecular complexity index is 162. The van der Waals surface area contributed by atoms with Gasteiger partial charge in [-0.3, -0.25) is 11.3 Å². The van der Waals surface area contributed by atoms with Crippen molar-refractivity contribution in [3.63, 3.8) is 0 Å². The van der Waals surface area contributed by atoms with Crippen LogP contribution in [0.2, 0.25) is 0 Å². The summed E-state index contributed by atoms with van der Waals surface area (Å²) in [4.78, 5) is 0. The molecule has 0 amide bonds. The molecule has 0 aromatic rings. The van der Waals surface area contributed by atoms with Gasteiger partial charge in [0.1, 0.15) is 0 Å². The standard InChI is InChI=1S/C9H18N2O/c1-5(2)9(11-10)8-6-3-12-4-7(6)8/h5-9,11H,3-4,10H2,1-2H3. The molecule has 1 heterocycles. The molecule has 0 radical (unpaired) electrons. The average Bonchev–Trinajstić information content (AvgIpc) is 2.53. The van der Waals surface area contributed by atoms with Gasteiger partial charge in [-0.25, -0.2) is 0 Å². The van der Waals surface area contributed by atoms with Crippen LogP contribution in [0.1, 0.15) is 13.8 Å². The smallest absolute Gasteiger partial charge is 0.0501 e. The van der Waals surface area contributed by atoms with Crippen molar-refractivity contribution in [1.82, 2.24) is 5.43 Å². The van der Waals surface area contributed by atoms with Gasteiger partial charge in [0.05, 0.1) is 13.2 Å². The molecule has 2 aliphatic rings. The summed E-state index contributed by atoms with van der Waals surface area (Å²) in [6.45, 7) is 6.36. The van der Waals surface area contributed by atoms with Crippen molar-refractivity contribution in [2.24, 2.45) is 29.5 Å². The zero-order chi connectivity index (χ0) is 8.72. The Labute approximate surface area is 73.6 Å². The molecular weight excluding hydrogens is 152 g/mol. The summed E-state index contributed by atoms with van der Waals surface area (Å²) in [6, 6.07) is 0.490. The highest BCUT2D eigenvalue weighted by atomic mass is 16.5. The van der Waals surface area contributed by atoms with E-state index in [9.17, 15) is 0 Å². The maximum Gasteiger partial charge on any atom is 0.0501 e. The molecule has 1 aliphatic heterocycles. The van der Waals surface area contributed by atoms with E-state index in [0.29, 0.717) is 12.0 Å². The molecule has 2 rings (SSSR count). The fourth-order valence-corrected chi connectivity index (χ4v) is 2.56. The summed E-state index contributed by atoms with van der Waals surface area (Å²) in [6.07, 6.45) is 0. The van der Waals surface area contributed by atoms with Crippen LogP contribution < -0.4 is 11.3 Å². The highest BCUT2D eigenvalue weighted by molar-refractivity contribution is 5.05. The SMILES string of the molecule is CC(C)C(NN)C1C2COCC21. The predicted molar refractivity (Wildman–Crippen MR) is 47.2 cm³/mol. The number of nitrogens with one attached hydrogen (secondary N) is 1. The molecule has 0 spiro atoms. The summed E-state index contributed by atoms with van der Waals surface area (Å²) in [7, 11) is 0. The van der Waals surface area contributed by atoms with Gasteiger partial charge in [0.25, 0.3) is 0 Å². The van der Waals surface area contributed by atoms with Gasteiger partial charge in [-0.2, -0.15) is 0 Å². The molecular formula is C9H18N2O. The second kappa shape index (κ2) is 2.98. The van der Waals surface area contributed by atoms with Crippen LogP contribution in [0.25, 0.3) is 0 Å². The van der Waals surface area contributed by atoms with E-state index in [-0.39, 0.29) is 0 Å². The predicted octanol–water partition coefficient (Wildman–Crippen LogP) is 0.367. The fourth-order valence-electron chi connectivity index (χ4n) is 2.56. The zero-order valence-corrected chi connectivity index (χ0v) is 7.79. The van der Waals surface area contributed by atoms with Crippen molar-refractivity contribution in [2.75, 3.05) is 13.2 Å². The third kappa shape index (κ3) is 1.16. The van der Waals surface area contributed by atoms with Crippen LogP contribution in [0.15, 0.2) is 0 Å². The summed E-state index contributed by atoms with van der Waals surface area (Å²) < 4.78 is 5.34. The number of hydrazine groups is 1. The van der Waals surface area contributed by atoms with E-state index in [1.807, 2.05) is 0 Å². The maximum absolute atomic E-state index is 5.53. The zero-order valence-electron chi connectivity index (χ0n) is 7.79. The normalized spacial score (nSPS) is 41.5. The highest BCUT2D eigenvalue weighted by Crippen LogP contribution is 2.53. The molecule has 0 bridgehead atoms. The molecule has 3 nitrogen and oxygen atoms in total. The molecule has 1 saturated carbocycles. The van der Waals surface area contributed by atoms with E-state index in [1.54, 1.807) is 0 Å². The largest absolute Gasteiger partial charge is 0.381 e. The van der Waals surface area contributed by atoms with Gasteiger partial charge in [0.15, 0.2) is 0 Å². The first-order chi connectivity index (χ1) is 5.75. The number of hydrogen-bond acceptors (Lipinski definition) is 3. The quantitative estimate of drug-likeness (QED) is 0.475. The maximum atomic E-state index is 5.53. The Morgan fingerprint density at radius 2 is 1.92 bits per heavy atom. The Kier molecular flexibility index (Phi) is 2.10. The lowest BCUT2D eigenvalue weighted by atomic mass is 9.98. The van der Waals surface area contributed by atoms with Gasteiger partial charge >= 0.3 is 0 Å². The third-order valence-electron chi connectivity index (χ3n) is 3.34. The van der Waals surface area contributed by atoms with E-state index >= 15 is 0 Å². The molecule has 0 aromatic heterocycles. The molecule has 2 fully saturated rings. The molecule has 3 atom stereocenters. The molecule has 3 unspecified atom stereocenters. The van der Waals surface area contributed by atoms with E-state index in [4.69, 9.17) is 10.6 Å². The lowest BCUT2D eigenvalue weighted by Crippen LogP contribution is -2.42. The minimum Gasteiger partial charge on any atom is -0.381 e. The number of nitrogens with two attached hydrogens (primary N) is 1. The van der Waals surface area contributed by atoms with Crippen LogP contribution in [0.4, 0.5) is 0 Å². The third-order valence-corrected chi connectivity index (χ3v) is 3.34. The summed E-state index contributed by atoms with van der Waals surface area (Å²) in [5.41, 5.74) is 2.94. The van der Waals surface area contributed by atoms with Gasteiger partial charge in [-0.1, -0.05) is 13.8 Å². The number of ether oxygens (including phenoxy) is 1. The average molecular weight is 170 g/mol. The Morgan fingerprint density at radius 1 is 1.33 bits per heavy atom. The van der Waals surface area contributed by atoms with Crippen LogP contribution in [0.5, 0.6) is 0 Å². The van der Waals surface area contributed by atoms with Crippen LogP contribution in [-0.2, 0) is 4.74 Å². The van der Waals surface area contributed by atoms with E-state index < -0.39 is 0 Å². The number of rotatable bonds is 3. The second-order valence-corrected chi connectivity index (χ2v) is 4.38. The summed E-state index contributed by atoms with van der Waals surface area (Å²) in [5, 5.41) is 0. The van der Waals surface area contributed by atoms with E-state index in [1.165, 1.54) is 0 Å². The van der Waals surface area contributed by atoms with Crippen molar-refractivity contribution in [1.29, 1.82) is 0 Å². The fraction of sp³-hybridized carbons (Fsp3) is 1.00. The van der Waals surface area contributed by atoms with E-state index in [0.717, 1.165) is 31.0 Å². The first-order valence-electron chi connectivity index (χ1n) is 4.79. The minimum absolute atomic E-state index is 0.490. The van der Waals surface area contributed by atoms with Crippen LogP contribution in [0.3, 0.4) is 0 Å². The first kappa shape index (κ1) is 8.48.